The van der Waals surface area contributed by atoms with Crippen molar-refractivity contribution in [2.24, 2.45) is 0 Å². The molecule has 0 aromatic heterocycles. The Hall–Kier alpha value is -3.39. The molecular weight excluding hydrogens is 368 g/mol. The van der Waals surface area contributed by atoms with Crippen LogP contribution >= 0.6 is 0 Å². The summed E-state index contributed by atoms with van der Waals surface area (Å²) in [6.45, 7) is 0.0764. The van der Waals surface area contributed by atoms with E-state index in [4.69, 9.17) is 10.5 Å². The number of benzene rings is 3. The van der Waals surface area contributed by atoms with Gasteiger partial charge in [0.2, 0.25) is 9.84 Å². The van der Waals surface area contributed by atoms with E-state index >= 15 is 0 Å². The third-order valence-corrected chi connectivity index (χ3v) is 5.63. The summed E-state index contributed by atoms with van der Waals surface area (Å²) in [5.41, 5.74) is 6.53. The largest absolute Gasteiger partial charge is 0.482 e. The fourth-order valence-corrected chi connectivity index (χ4v) is 3.72. The first-order valence-corrected chi connectivity index (χ1v) is 9.42. The second-order valence-electron chi connectivity index (χ2n) is 5.73. The highest BCUT2D eigenvalue weighted by Crippen LogP contribution is 2.32. The number of nitro benzene ring substituents is 1. The maximum absolute atomic E-state index is 12.8. The van der Waals surface area contributed by atoms with E-state index in [9.17, 15) is 18.5 Å². The average Bonchev–Trinajstić information content (AvgIpc) is 2.67. The predicted molar refractivity (Wildman–Crippen MR) is 100 cm³/mol. The van der Waals surface area contributed by atoms with Crippen molar-refractivity contribution in [1.82, 2.24) is 0 Å². The fraction of sp³-hybridized carbons (Fsp3) is 0.0526. The molecule has 0 saturated heterocycles. The zero-order valence-electron chi connectivity index (χ0n) is 14.1. The third kappa shape index (κ3) is 4.06. The van der Waals surface area contributed by atoms with Crippen molar-refractivity contribution in [1.29, 1.82) is 0 Å². The number of sulfone groups is 1. The molecule has 0 aliphatic carbocycles. The van der Waals surface area contributed by atoms with Gasteiger partial charge in [-0.2, -0.15) is 0 Å². The number of ether oxygens (including phenoxy) is 1. The summed E-state index contributed by atoms with van der Waals surface area (Å²) in [6, 6.07) is 18.3. The molecular formula is C19H16N2O5S. The van der Waals surface area contributed by atoms with Gasteiger partial charge in [-0.05, 0) is 35.9 Å². The van der Waals surface area contributed by atoms with Gasteiger partial charge < -0.3 is 10.5 Å². The van der Waals surface area contributed by atoms with E-state index in [1.54, 1.807) is 12.1 Å². The highest BCUT2D eigenvalue weighted by atomic mass is 32.2. The van der Waals surface area contributed by atoms with E-state index in [1.165, 1.54) is 36.4 Å². The van der Waals surface area contributed by atoms with Crippen molar-refractivity contribution in [3.8, 4) is 5.75 Å². The Balaban J connectivity index is 1.97. The first-order chi connectivity index (χ1) is 12.9. The van der Waals surface area contributed by atoms with Gasteiger partial charge in [-0.1, -0.05) is 30.3 Å². The number of anilines is 1. The third-order valence-electron chi connectivity index (χ3n) is 3.87. The molecule has 27 heavy (non-hydrogen) atoms. The molecule has 0 atom stereocenters. The molecule has 0 saturated carbocycles. The van der Waals surface area contributed by atoms with Crippen LogP contribution in [0.5, 0.6) is 5.75 Å². The van der Waals surface area contributed by atoms with Crippen molar-refractivity contribution in [3.63, 3.8) is 0 Å². The monoisotopic (exact) mass is 384 g/mol. The van der Waals surface area contributed by atoms with Gasteiger partial charge in [0.1, 0.15) is 6.61 Å². The van der Waals surface area contributed by atoms with E-state index in [1.807, 2.05) is 18.2 Å². The van der Waals surface area contributed by atoms with Crippen LogP contribution in [0.3, 0.4) is 0 Å². The van der Waals surface area contributed by atoms with Gasteiger partial charge >= 0.3 is 5.69 Å². The molecule has 8 heteroatoms. The molecule has 0 aliphatic heterocycles. The van der Waals surface area contributed by atoms with Gasteiger partial charge in [0, 0.05) is 17.8 Å². The van der Waals surface area contributed by atoms with Gasteiger partial charge in [0.15, 0.2) is 5.75 Å². The van der Waals surface area contributed by atoms with E-state index in [2.05, 4.69) is 0 Å². The van der Waals surface area contributed by atoms with Gasteiger partial charge in [-0.15, -0.1) is 0 Å². The normalized spacial score (nSPS) is 11.1. The summed E-state index contributed by atoms with van der Waals surface area (Å²) >= 11 is 0. The lowest BCUT2D eigenvalue weighted by atomic mass is 10.2. The van der Waals surface area contributed by atoms with Crippen molar-refractivity contribution in [2.45, 2.75) is 16.4 Å². The molecule has 138 valence electrons. The Morgan fingerprint density at radius 3 is 2.19 bits per heavy atom. The van der Waals surface area contributed by atoms with Gasteiger partial charge in [0.05, 0.1) is 14.7 Å². The molecule has 0 heterocycles. The minimum absolute atomic E-state index is 0.0413. The van der Waals surface area contributed by atoms with Crippen LogP contribution in [0.1, 0.15) is 5.56 Å². The van der Waals surface area contributed by atoms with Crippen LogP contribution in [0, 0.1) is 10.1 Å². The molecule has 0 bridgehead atoms. The topological polar surface area (TPSA) is 113 Å². The summed E-state index contributed by atoms with van der Waals surface area (Å²) in [5.74, 6) is -0.111. The lowest BCUT2D eigenvalue weighted by Gasteiger charge is -2.10. The number of nitro groups is 1. The number of nitrogens with zero attached hydrogens (tertiary/aromatic N) is 1. The first-order valence-electron chi connectivity index (χ1n) is 7.94. The Morgan fingerprint density at radius 2 is 1.56 bits per heavy atom. The molecule has 7 nitrogen and oxygen atoms in total. The molecule has 2 N–H and O–H groups in total. The maximum atomic E-state index is 12.8. The average molecular weight is 384 g/mol. The molecule has 0 aliphatic rings. The lowest BCUT2D eigenvalue weighted by Crippen LogP contribution is -2.05. The van der Waals surface area contributed by atoms with Gasteiger partial charge in [0.25, 0.3) is 0 Å². The van der Waals surface area contributed by atoms with Crippen LogP contribution in [0.15, 0.2) is 82.6 Å². The molecule has 3 rings (SSSR count). The molecule has 0 unspecified atom stereocenters. The van der Waals surface area contributed by atoms with Crippen LogP contribution in [0.25, 0.3) is 0 Å². The Kier molecular flexibility index (Phi) is 5.09. The van der Waals surface area contributed by atoms with Crippen LogP contribution in [0.4, 0.5) is 11.4 Å². The van der Waals surface area contributed by atoms with Crippen LogP contribution < -0.4 is 10.5 Å². The smallest absolute Gasteiger partial charge is 0.311 e. The first kappa shape index (κ1) is 18.4. The van der Waals surface area contributed by atoms with Crippen molar-refractivity contribution in [2.75, 3.05) is 5.73 Å². The number of rotatable bonds is 6. The zero-order chi connectivity index (χ0) is 19.4. The highest BCUT2D eigenvalue weighted by Gasteiger charge is 2.23. The summed E-state index contributed by atoms with van der Waals surface area (Å²) < 4.78 is 31.1. The fourth-order valence-electron chi connectivity index (χ4n) is 2.45. The summed E-state index contributed by atoms with van der Waals surface area (Å²) in [5, 5.41) is 11.3. The Bertz CT molecular complexity index is 1070. The van der Waals surface area contributed by atoms with Gasteiger partial charge in [-0.3, -0.25) is 10.1 Å². The quantitative estimate of drug-likeness (QED) is 0.395. The lowest BCUT2D eigenvalue weighted by molar-refractivity contribution is -0.386. The molecule has 3 aromatic rings. The number of hydrogen-bond acceptors (Lipinski definition) is 6. The molecule has 0 amide bonds. The standard InChI is InChI=1S/C19H16N2O5S/c20-15-6-8-16(9-7-15)27(24,25)17-10-11-18(21(22)23)19(12-17)26-13-14-4-2-1-3-5-14/h1-12H,13,20H2. The van der Waals surface area contributed by atoms with E-state index in [0.29, 0.717) is 5.69 Å². The van der Waals surface area contributed by atoms with E-state index in [0.717, 1.165) is 11.6 Å². The summed E-state index contributed by atoms with van der Waals surface area (Å²) in [7, 11) is -3.86. The van der Waals surface area contributed by atoms with Crippen molar-refractivity contribution >= 4 is 21.2 Å². The van der Waals surface area contributed by atoms with Crippen molar-refractivity contribution in [3.05, 3.63) is 88.5 Å². The SMILES string of the molecule is Nc1ccc(S(=O)(=O)c2ccc([N+](=O)[O-])c(OCc3ccccc3)c2)cc1. The van der Waals surface area contributed by atoms with Gasteiger partial charge in [-0.25, -0.2) is 8.42 Å². The molecule has 0 spiro atoms. The number of hydrogen-bond donors (Lipinski definition) is 1. The second-order valence-corrected chi connectivity index (χ2v) is 7.68. The highest BCUT2D eigenvalue weighted by molar-refractivity contribution is 7.91. The molecule has 0 radical (unpaired) electrons. The molecule has 0 fully saturated rings. The van der Waals surface area contributed by atoms with Crippen LogP contribution in [0.2, 0.25) is 0 Å². The van der Waals surface area contributed by atoms with E-state index < -0.39 is 14.8 Å². The zero-order valence-corrected chi connectivity index (χ0v) is 14.9. The van der Waals surface area contributed by atoms with Crippen LogP contribution in [-0.2, 0) is 16.4 Å². The maximum Gasteiger partial charge on any atom is 0.311 e. The van der Waals surface area contributed by atoms with Crippen molar-refractivity contribution < 1.29 is 18.1 Å². The summed E-state index contributed by atoms with van der Waals surface area (Å²) in [6.07, 6.45) is 0. The summed E-state index contributed by atoms with van der Waals surface area (Å²) in [4.78, 5) is 10.6. The Labute approximate surface area is 156 Å². The minimum Gasteiger partial charge on any atom is -0.482 e. The molecule has 3 aromatic carbocycles. The van der Waals surface area contributed by atoms with Crippen LogP contribution in [-0.4, -0.2) is 13.3 Å². The predicted octanol–water partition coefficient (Wildman–Crippen LogP) is 3.59. The number of nitrogens with two attached hydrogens (primary N) is 1. The Morgan fingerprint density at radius 1 is 0.926 bits per heavy atom. The number of nitrogen functional groups attached to an aromatic ring is 1. The minimum atomic E-state index is -3.86. The second kappa shape index (κ2) is 7.46. The van der Waals surface area contributed by atoms with E-state index in [-0.39, 0.29) is 27.8 Å².